The van der Waals surface area contributed by atoms with E-state index in [2.05, 4.69) is 30.6 Å². The summed E-state index contributed by atoms with van der Waals surface area (Å²) < 4.78 is 0. The molecule has 2 aromatic rings. The lowest BCUT2D eigenvalue weighted by atomic mass is 10.2. The van der Waals surface area contributed by atoms with E-state index < -0.39 is 18.0 Å². The molecule has 9 nitrogen and oxygen atoms in total. The fraction of sp³-hybridized carbons (Fsp3) is 0.333. The number of carbonyl (C=O) groups excluding carboxylic acids is 1. The molecular weight excluding hydrogens is 276 g/mol. The average Bonchev–Trinajstić information content (AvgIpc) is 3.10. The molecule has 0 aliphatic heterocycles. The van der Waals surface area contributed by atoms with Gasteiger partial charge in [-0.1, -0.05) is 0 Å². The van der Waals surface area contributed by atoms with Crippen molar-refractivity contribution in [3.05, 3.63) is 36.4 Å². The minimum absolute atomic E-state index is 0.142. The molecule has 2 heterocycles. The minimum atomic E-state index is -1.10. The van der Waals surface area contributed by atoms with Gasteiger partial charge >= 0.3 is 12.0 Å². The molecule has 2 aromatic heterocycles. The number of nitrogens with zero attached hydrogens (tertiary/aromatic N) is 2. The summed E-state index contributed by atoms with van der Waals surface area (Å²) >= 11 is 0. The Labute approximate surface area is 120 Å². The first-order valence-corrected chi connectivity index (χ1v) is 6.37. The van der Waals surface area contributed by atoms with Crippen molar-refractivity contribution in [1.82, 2.24) is 30.6 Å². The second-order valence-electron chi connectivity index (χ2n) is 4.40. The quantitative estimate of drug-likeness (QED) is 0.476. The van der Waals surface area contributed by atoms with E-state index in [1.807, 2.05) is 0 Å². The van der Waals surface area contributed by atoms with E-state index >= 15 is 0 Å². The Hall–Kier alpha value is -2.84. The van der Waals surface area contributed by atoms with Crippen molar-refractivity contribution in [2.75, 3.05) is 6.54 Å². The Kier molecular flexibility index (Phi) is 4.91. The van der Waals surface area contributed by atoms with Crippen LogP contribution in [0.15, 0.2) is 25.0 Å². The maximum Gasteiger partial charge on any atom is 0.326 e. The molecule has 9 heteroatoms. The molecule has 0 saturated carbocycles. The van der Waals surface area contributed by atoms with Gasteiger partial charge in [0.15, 0.2) is 0 Å². The van der Waals surface area contributed by atoms with E-state index in [1.54, 1.807) is 12.5 Å². The van der Waals surface area contributed by atoms with Gasteiger partial charge in [-0.2, -0.15) is 0 Å². The van der Waals surface area contributed by atoms with Gasteiger partial charge in [-0.3, -0.25) is 0 Å². The van der Waals surface area contributed by atoms with E-state index in [1.165, 1.54) is 12.5 Å². The van der Waals surface area contributed by atoms with Crippen molar-refractivity contribution in [3.8, 4) is 0 Å². The van der Waals surface area contributed by atoms with E-state index in [0.717, 1.165) is 5.69 Å². The minimum Gasteiger partial charge on any atom is -0.480 e. The monoisotopic (exact) mass is 292 g/mol. The predicted molar refractivity (Wildman–Crippen MR) is 72.5 cm³/mol. The molecule has 0 bridgehead atoms. The van der Waals surface area contributed by atoms with Crippen LogP contribution in [0.1, 0.15) is 11.4 Å². The van der Waals surface area contributed by atoms with E-state index in [0.29, 0.717) is 18.7 Å². The van der Waals surface area contributed by atoms with Crippen molar-refractivity contribution in [3.63, 3.8) is 0 Å². The highest BCUT2D eigenvalue weighted by Crippen LogP contribution is 1.99. The van der Waals surface area contributed by atoms with E-state index in [9.17, 15) is 9.59 Å². The predicted octanol–water partition coefficient (Wildman–Crippen LogP) is -0.330. The van der Waals surface area contributed by atoms with Crippen molar-refractivity contribution < 1.29 is 14.7 Å². The zero-order valence-electron chi connectivity index (χ0n) is 11.2. The molecule has 0 radical (unpaired) electrons. The largest absolute Gasteiger partial charge is 0.480 e. The molecule has 0 aliphatic rings. The Morgan fingerprint density at radius 3 is 2.43 bits per heavy atom. The molecule has 21 heavy (non-hydrogen) atoms. The fourth-order valence-electron chi connectivity index (χ4n) is 1.76. The number of aromatic amines is 2. The first kappa shape index (κ1) is 14.6. The van der Waals surface area contributed by atoms with Crippen molar-refractivity contribution in [2.45, 2.75) is 18.9 Å². The number of carboxylic acids is 1. The molecule has 5 N–H and O–H groups in total. The third kappa shape index (κ3) is 4.64. The topological polar surface area (TPSA) is 136 Å². The van der Waals surface area contributed by atoms with Crippen LogP contribution in [-0.2, 0) is 17.6 Å². The SMILES string of the molecule is O=C(NCCc1cnc[nH]1)N[C@@H](Cc1cnc[nH]1)C(=O)O. The maximum atomic E-state index is 11.7. The van der Waals surface area contributed by atoms with Crippen LogP contribution in [0.3, 0.4) is 0 Å². The molecule has 0 saturated heterocycles. The van der Waals surface area contributed by atoms with Crippen LogP contribution in [0.25, 0.3) is 0 Å². The van der Waals surface area contributed by atoms with Crippen molar-refractivity contribution in [2.24, 2.45) is 0 Å². The van der Waals surface area contributed by atoms with Gasteiger partial charge in [0.2, 0.25) is 0 Å². The van der Waals surface area contributed by atoms with Crippen LogP contribution < -0.4 is 10.6 Å². The molecule has 0 spiro atoms. The number of amides is 2. The summed E-state index contributed by atoms with van der Waals surface area (Å²) in [5.41, 5.74) is 1.53. The Morgan fingerprint density at radius 2 is 1.86 bits per heavy atom. The van der Waals surface area contributed by atoms with Crippen LogP contribution in [0.4, 0.5) is 4.79 Å². The molecule has 2 rings (SSSR count). The number of carboxylic acid groups (broad SMARTS) is 1. The molecule has 112 valence electrons. The molecule has 2 amide bonds. The van der Waals surface area contributed by atoms with Crippen LogP contribution in [0.2, 0.25) is 0 Å². The standard InChI is InChI=1S/C12H16N6O3/c19-11(20)10(3-9-5-14-7-17-9)18-12(21)15-2-1-8-4-13-6-16-8/h4-7,10H,1-3H2,(H,13,16)(H,14,17)(H,19,20)(H2,15,18,21)/t10-/m0/s1. The van der Waals surface area contributed by atoms with Gasteiger partial charge < -0.3 is 25.7 Å². The maximum absolute atomic E-state index is 11.7. The zero-order chi connectivity index (χ0) is 15.1. The Bertz CT molecular complexity index is 566. The number of nitrogens with one attached hydrogen (secondary N) is 4. The number of hydrogen-bond acceptors (Lipinski definition) is 4. The average molecular weight is 292 g/mol. The normalized spacial score (nSPS) is 11.8. The number of H-pyrrole nitrogens is 2. The van der Waals surface area contributed by atoms with Crippen LogP contribution >= 0.6 is 0 Å². The van der Waals surface area contributed by atoms with Crippen LogP contribution in [0, 0.1) is 0 Å². The summed E-state index contributed by atoms with van der Waals surface area (Å²) in [7, 11) is 0. The van der Waals surface area contributed by atoms with E-state index in [-0.39, 0.29) is 6.42 Å². The highest BCUT2D eigenvalue weighted by Gasteiger charge is 2.20. The third-order valence-corrected chi connectivity index (χ3v) is 2.82. The fourth-order valence-corrected chi connectivity index (χ4v) is 1.76. The number of aliphatic carboxylic acids is 1. The van der Waals surface area contributed by atoms with Gasteiger partial charge in [0.1, 0.15) is 6.04 Å². The summed E-state index contributed by atoms with van der Waals surface area (Å²) in [5, 5.41) is 14.1. The third-order valence-electron chi connectivity index (χ3n) is 2.82. The number of carbonyl (C=O) groups is 2. The lowest BCUT2D eigenvalue weighted by Gasteiger charge is -2.14. The van der Waals surface area contributed by atoms with Crippen molar-refractivity contribution >= 4 is 12.0 Å². The van der Waals surface area contributed by atoms with Crippen LogP contribution in [0.5, 0.6) is 0 Å². The van der Waals surface area contributed by atoms with Gasteiger partial charge in [-0.05, 0) is 0 Å². The van der Waals surface area contributed by atoms with Gasteiger partial charge in [0, 0.05) is 43.2 Å². The molecule has 0 fully saturated rings. The summed E-state index contributed by atoms with van der Waals surface area (Å²) in [6, 6.07) is -1.54. The van der Waals surface area contributed by atoms with E-state index in [4.69, 9.17) is 5.11 Å². The lowest BCUT2D eigenvalue weighted by Crippen LogP contribution is -2.47. The lowest BCUT2D eigenvalue weighted by molar-refractivity contribution is -0.139. The number of urea groups is 1. The summed E-state index contributed by atoms with van der Waals surface area (Å²) in [6.07, 6.45) is 6.93. The molecular formula is C12H16N6O3. The molecule has 0 aromatic carbocycles. The van der Waals surface area contributed by atoms with Gasteiger partial charge in [-0.25, -0.2) is 19.6 Å². The Balaban J connectivity index is 1.76. The summed E-state index contributed by atoms with van der Waals surface area (Å²) in [4.78, 5) is 36.2. The number of aromatic nitrogens is 4. The highest BCUT2D eigenvalue weighted by molar-refractivity contribution is 5.82. The zero-order valence-corrected chi connectivity index (χ0v) is 11.2. The number of imidazole rings is 2. The number of rotatable bonds is 7. The van der Waals surface area contributed by atoms with Crippen LogP contribution in [-0.4, -0.2) is 49.6 Å². The Morgan fingerprint density at radius 1 is 1.19 bits per heavy atom. The second-order valence-corrected chi connectivity index (χ2v) is 4.40. The smallest absolute Gasteiger partial charge is 0.326 e. The van der Waals surface area contributed by atoms with Crippen molar-refractivity contribution in [1.29, 1.82) is 0 Å². The van der Waals surface area contributed by atoms with Gasteiger partial charge in [0.05, 0.1) is 12.7 Å². The molecule has 0 unspecified atom stereocenters. The summed E-state index contributed by atoms with van der Waals surface area (Å²) in [6.45, 7) is 0.379. The number of hydrogen-bond donors (Lipinski definition) is 5. The summed E-state index contributed by atoms with van der Waals surface area (Å²) in [5.74, 6) is -1.10. The molecule has 1 atom stereocenters. The first-order valence-electron chi connectivity index (χ1n) is 6.37. The van der Waals surface area contributed by atoms with Gasteiger partial charge in [-0.15, -0.1) is 0 Å². The first-order chi connectivity index (χ1) is 10.1. The van der Waals surface area contributed by atoms with Gasteiger partial charge in [0.25, 0.3) is 0 Å². The highest BCUT2D eigenvalue weighted by atomic mass is 16.4. The second kappa shape index (κ2) is 7.08. The molecule has 0 aliphatic carbocycles.